The molecule has 1 aliphatic carbocycles. The summed E-state index contributed by atoms with van der Waals surface area (Å²) in [5.41, 5.74) is 12.0. The molecule has 0 radical (unpaired) electrons. The van der Waals surface area contributed by atoms with E-state index in [0.29, 0.717) is 39.1 Å². The van der Waals surface area contributed by atoms with Crippen molar-refractivity contribution in [2.24, 2.45) is 11.1 Å². The van der Waals surface area contributed by atoms with Crippen LogP contribution >= 0.6 is 11.3 Å². The maximum absolute atomic E-state index is 13.2. The number of carbonyl (C=O) groups is 2. The first-order chi connectivity index (χ1) is 18.3. The molecule has 2 fully saturated rings. The van der Waals surface area contributed by atoms with Gasteiger partial charge in [0.05, 0.1) is 35.2 Å². The molecule has 3 aromatic rings. The van der Waals surface area contributed by atoms with Crippen LogP contribution in [-0.4, -0.2) is 67.0 Å². The fraction of sp³-hybridized carbons (Fsp3) is 0.433. The van der Waals surface area contributed by atoms with Crippen LogP contribution in [0.2, 0.25) is 0 Å². The molecule has 6 rings (SSSR count). The van der Waals surface area contributed by atoms with E-state index in [0.717, 1.165) is 57.3 Å². The van der Waals surface area contributed by atoms with E-state index in [1.165, 1.54) is 5.56 Å². The van der Waals surface area contributed by atoms with Crippen LogP contribution in [-0.2, 0) is 22.4 Å². The summed E-state index contributed by atoms with van der Waals surface area (Å²) >= 11 is 1.64. The Morgan fingerprint density at radius 1 is 1.13 bits per heavy atom. The smallest absolute Gasteiger partial charge is 0.227 e. The second-order valence-electron chi connectivity index (χ2n) is 11.5. The van der Waals surface area contributed by atoms with Crippen LogP contribution in [0.4, 0.5) is 5.00 Å². The van der Waals surface area contributed by atoms with E-state index in [9.17, 15) is 9.59 Å². The summed E-state index contributed by atoms with van der Waals surface area (Å²) in [5, 5.41) is 1.16. The molecule has 8 heteroatoms. The fourth-order valence-electron chi connectivity index (χ4n) is 5.78. The third-order valence-corrected chi connectivity index (χ3v) is 9.06. The zero-order valence-electron chi connectivity index (χ0n) is 22.0. The highest BCUT2D eigenvalue weighted by atomic mass is 32.1. The number of amides is 1. The average molecular weight is 531 g/mol. The van der Waals surface area contributed by atoms with Crippen LogP contribution in [0, 0.1) is 5.41 Å². The summed E-state index contributed by atoms with van der Waals surface area (Å²) < 4.78 is 5.62. The van der Waals surface area contributed by atoms with E-state index in [-0.39, 0.29) is 23.1 Å². The summed E-state index contributed by atoms with van der Waals surface area (Å²) in [6.45, 7) is 8.66. The lowest BCUT2D eigenvalue weighted by Gasteiger charge is -2.36. The largest absolute Gasteiger partial charge is 0.378 e. The van der Waals surface area contributed by atoms with Crippen LogP contribution in [0.15, 0.2) is 42.6 Å². The van der Waals surface area contributed by atoms with E-state index in [2.05, 4.69) is 36.9 Å². The standard InChI is InChI=1S/C30H34N4O3S/c1-30(2)15-23-27(29(33-8-10-37-11-9-33)38-28(23)25(35)16-30)21-6-7-32-24(14-21)20-5-3-4-19(12-20)13-26(36)34-17-22(31)18-34/h3-7,12,14,22H,8-11,13,15-18,31H2,1-2H3. The molecule has 0 unspecified atom stereocenters. The summed E-state index contributed by atoms with van der Waals surface area (Å²) in [7, 11) is 0. The number of fused-ring (bicyclic) bond motifs is 1. The summed E-state index contributed by atoms with van der Waals surface area (Å²) in [6.07, 6.45) is 3.67. The van der Waals surface area contributed by atoms with Crippen LogP contribution in [0.25, 0.3) is 22.4 Å². The molecule has 2 aliphatic heterocycles. The van der Waals surface area contributed by atoms with Crippen molar-refractivity contribution in [1.29, 1.82) is 0 Å². The van der Waals surface area contributed by atoms with E-state index in [1.54, 1.807) is 11.3 Å². The summed E-state index contributed by atoms with van der Waals surface area (Å²) in [6, 6.07) is 12.4. The van der Waals surface area contributed by atoms with Crippen molar-refractivity contribution in [1.82, 2.24) is 9.88 Å². The predicted molar refractivity (Wildman–Crippen MR) is 151 cm³/mol. The van der Waals surface area contributed by atoms with Gasteiger partial charge in [-0.15, -0.1) is 11.3 Å². The van der Waals surface area contributed by atoms with Crippen molar-refractivity contribution in [2.45, 2.75) is 39.2 Å². The minimum atomic E-state index is -0.0701. The van der Waals surface area contributed by atoms with Crippen LogP contribution in [0.3, 0.4) is 0 Å². The lowest BCUT2D eigenvalue weighted by molar-refractivity contribution is -0.134. The van der Waals surface area contributed by atoms with Gasteiger partial charge in [0, 0.05) is 56.0 Å². The number of nitrogens with zero attached hydrogens (tertiary/aromatic N) is 3. The maximum atomic E-state index is 13.2. The van der Waals surface area contributed by atoms with Crippen molar-refractivity contribution in [2.75, 3.05) is 44.3 Å². The maximum Gasteiger partial charge on any atom is 0.227 e. The van der Waals surface area contributed by atoms with Gasteiger partial charge in [0.1, 0.15) is 0 Å². The second-order valence-corrected chi connectivity index (χ2v) is 12.5. The van der Waals surface area contributed by atoms with Crippen molar-refractivity contribution in [3.63, 3.8) is 0 Å². The van der Waals surface area contributed by atoms with Crippen molar-refractivity contribution in [3.8, 4) is 22.4 Å². The van der Waals surface area contributed by atoms with Gasteiger partial charge >= 0.3 is 0 Å². The van der Waals surface area contributed by atoms with Gasteiger partial charge in [-0.2, -0.15) is 0 Å². The number of rotatable bonds is 5. The Morgan fingerprint density at radius 2 is 1.92 bits per heavy atom. The molecule has 0 saturated carbocycles. The molecule has 1 amide bonds. The summed E-state index contributed by atoms with van der Waals surface area (Å²) in [4.78, 5) is 35.6. The average Bonchev–Trinajstić information content (AvgIpc) is 3.26. The minimum Gasteiger partial charge on any atom is -0.378 e. The first-order valence-electron chi connectivity index (χ1n) is 13.4. The molecular formula is C30H34N4O3S. The molecule has 198 valence electrons. The van der Waals surface area contributed by atoms with E-state index < -0.39 is 0 Å². The molecule has 0 bridgehead atoms. The predicted octanol–water partition coefficient (Wildman–Crippen LogP) is 4.18. The number of pyridine rings is 1. The number of ether oxygens (including phenoxy) is 1. The van der Waals surface area contributed by atoms with Gasteiger partial charge in [-0.25, -0.2) is 0 Å². The molecule has 1 aromatic carbocycles. The Kier molecular flexibility index (Phi) is 6.58. The molecule has 2 N–H and O–H groups in total. The molecule has 7 nitrogen and oxygen atoms in total. The zero-order valence-corrected chi connectivity index (χ0v) is 22.9. The Hall–Kier alpha value is -3.07. The second kappa shape index (κ2) is 9.91. The molecular weight excluding hydrogens is 496 g/mol. The van der Waals surface area contributed by atoms with Gasteiger partial charge < -0.3 is 20.3 Å². The molecule has 3 aliphatic rings. The molecule has 0 atom stereocenters. The van der Waals surface area contributed by atoms with Crippen molar-refractivity contribution in [3.05, 3.63) is 58.6 Å². The lowest BCUT2D eigenvalue weighted by atomic mass is 9.75. The minimum absolute atomic E-state index is 0.0701. The number of carbonyl (C=O) groups excluding carboxylic acids is 2. The third kappa shape index (κ3) is 4.88. The summed E-state index contributed by atoms with van der Waals surface area (Å²) in [5.74, 6) is 0.356. The number of likely N-dealkylation sites (tertiary alicyclic amines) is 1. The number of benzene rings is 1. The fourth-order valence-corrected chi connectivity index (χ4v) is 7.11. The highest BCUT2D eigenvalue weighted by molar-refractivity contribution is 7.19. The number of morpholine rings is 1. The highest BCUT2D eigenvalue weighted by Crippen LogP contribution is 2.49. The van der Waals surface area contributed by atoms with E-state index >= 15 is 0 Å². The van der Waals surface area contributed by atoms with Gasteiger partial charge in [0.25, 0.3) is 0 Å². The number of thiophene rings is 1. The van der Waals surface area contributed by atoms with Gasteiger partial charge in [-0.3, -0.25) is 14.6 Å². The van der Waals surface area contributed by atoms with Gasteiger partial charge in [-0.05, 0) is 46.7 Å². The van der Waals surface area contributed by atoms with Crippen LogP contribution in [0.1, 0.15) is 41.1 Å². The van der Waals surface area contributed by atoms with Crippen LogP contribution < -0.4 is 10.6 Å². The number of nitrogens with two attached hydrogens (primary N) is 1. The molecule has 0 spiro atoms. The number of hydrogen-bond donors (Lipinski definition) is 1. The molecule has 2 aromatic heterocycles. The SMILES string of the molecule is CC1(C)CC(=O)c2sc(N3CCOCC3)c(-c3ccnc(-c4cccc(CC(=O)N5CC(N)C5)c4)c3)c2C1. The number of Topliss-reactive ketones (excluding diaryl/α,β-unsaturated/α-hetero) is 1. The van der Waals surface area contributed by atoms with E-state index in [1.807, 2.05) is 29.3 Å². The number of aromatic nitrogens is 1. The normalized spacial score (nSPS) is 19.3. The van der Waals surface area contributed by atoms with Gasteiger partial charge in [-0.1, -0.05) is 32.0 Å². The first-order valence-corrected chi connectivity index (χ1v) is 14.2. The van der Waals surface area contributed by atoms with Crippen molar-refractivity contribution < 1.29 is 14.3 Å². The van der Waals surface area contributed by atoms with Gasteiger partial charge in [0.15, 0.2) is 5.78 Å². The third-order valence-electron chi connectivity index (χ3n) is 7.72. The first kappa shape index (κ1) is 25.2. The van der Waals surface area contributed by atoms with Crippen LogP contribution in [0.5, 0.6) is 0 Å². The molecule has 38 heavy (non-hydrogen) atoms. The lowest BCUT2D eigenvalue weighted by Crippen LogP contribution is -2.58. The Labute approximate surface area is 227 Å². The monoisotopic (exact) mass is 530 g/mol. The molecule has 2 saturated heterocycles. The quantitative estimate of drug-likeness (QED) is 0.533. The van der Waals surface area contributed by atoms with E-state index in [4.69, 9.17) is 15.5 Å². The van der Waals surface area contributed by atoms with Crippen molar-refractivity contribution >= 4 is 28.0 Å². The number of hydrogen-bond acceptors (Lipinski definition) is 7. The Morgan fingerprint density at radius 3 is 2.68 bits per heavy atom. The molecule has 4 heterocycles. The zero-order chi connectivity index (χ0) is 26.4. The van der Waals surface area contributed by atoms with Gasteiger partial charge in [0.2, 0.25) is 5.91 Å². The number of anilines is 1. The Bertz CT molecular complexity index is 1390. The highest BCUT2D eigenvalue weighted by Gasteiger charge is 2.37. The number of ketones is 1. The Balaban J connectivity index is 1.37. The topological polar surface area (TPSA) is 88.8 Å².